The maximum Gasteiger partial charge on any atom is 0.129 e. The van der Waals surface area contributed by atoms with E-state index in [0.29, 0.717) is 0 Å². The Kier molecular flexibility index (Phi) is 4.66. The monoisotopic (exact) mass is 277 g/mol. The van der Waals surface area contributed by atoms with Gasteiger partial charge in [0.1, 0.15) is 5.82 Å². The highest BCUT2D eigenvalue weighted by Crippen LogP contribution is 2.24. The summed E-state index contributed by atoms with van der Waals surface area (Å²) < 4.78 is 0. The van der Waals surface area contributed by atoms with E-state index in [4.69, 9.17) is 4.98 Å². The fourth-order valence-corrected chi connectivity index (χ4v) is 2.71. The molecule has 4 heteroatoms. The largest absolute Gasteiger partial charge is 0.392 e. The van der Waals surface area contributed by atoms with Gasteiger partial charge >= 0.3 is 0 Å². The second kappa shape index (κ2) is 6.10. The lowest BCUT2D eigenvalue weighted by Crippen LogP contribution is -2.57. The van der Waals surface area contributed by atoms with Crippen LogP contribution in [0, 0.1) is 0 Å². The van der Waals surface area contributed by atoms with Gasteiger partial charge in [-0.3, -0.25) is 4.90 Å². The molecule has 20 heavy (non-hydrogen) atoms. The van der Waals surface area contributed by atoms with Crippen molar-refractivity contribution in [3.8, 4) is 0 Å². The summed E-state index contributed by atoms with van der Waals surface area (Å²) in [6, 6.07) is 4.05. The molecule has 2 rings (SSSR count). The van der Waals surface area contributed by atoms with Crippen molar-refractivity contribution in [3.05, 3.63) is 23.4 Å². The van der Waals surface area contributed by atoms with Crippen molar-refractivity contribution in [1.82, 2.24) is 9.88 Å². The van der Waals surface area contributed by atoms with Crippen molar-refractivity contribution in [2.24, 2.45) is 0 Å². The topological polar surface area (TPSA) is 39.6 Å². The van der Waals surface area contributed by atoms with Crippen molar-refractivity contribution < 1.29 is 5.11 Å². The van der Waals surface area contributed by atoms with E-state index in [1.54, 1.807) is 0 Å². The predicted molar refractivity (Wildman–Crippen MR) is 83.1 cm³/mol. The third-order valence-corrected chi connectivity index (χ3v) is 4.25. The normalized spacial score (nSPS) is 19.4. The zero-order valence-corrected chi connectivity index (χ0v) is 13.2. The molecule has 0 aliphatic carbocycles. The van der Waals surface area contributed by atoms with Gasteiger partial charge in [-0.25, -0.2) is 4.98 Å². The Bertz CT molecular complexity index is 459. The zero-order chi connectivity index (χ0) is 14.8. The standard InChI is InChI=1S/C16H27N3O/c1-5-6-14-9-13(11-20)10-15(17-14)19-8-7-18(4)16(2,3)12-19/h9-10,20H,5-8,11-12H2,1-4H3. The fourth-order valence-electron chi connectivity index (χ4n) is 2.71. The van der Waals surface area contributed by atoms with Crippen LogP contribution in [0.1, 0.15) is 38.4 Å². The number of hydrogen-bond donors (Lipinski definition) is 1. The van der Waals surface area contributed by atoms with Crippen LogP contribution in [-0.4, -0.2) is 47.2 Å². The minimum Gasteiger partial charge on any atom is -0.392 e. The van der Waals surface area contributed by atoms with Crippen LogP contribution in [0.3, 0.4) is 0 Å². The summed E-state index contributed by atoms with van der Waals surface area (Å²) in [6.07, 6.45) is 2.05. The van der Waals surface area contributed by atoms with Crippen LogP contribution in [0.4, 0.5) is 5.82 Å². The van der Waals surface area contributed by atoms with E-state index in [1.807, 2.05) is 12.1 Å². The maximum absolute atomic E-state index is 9.44. The SMILES string of the molecule is CCCc1cc(CO)cc(N2CCN(C)C(C)(C)C2)n1. The molecule has 0 atom stereocenters. The van der Waals surface area contributed by atoms with Crippen LogP contribution in [0.5, 0.6) is 0 Å². The lowest BCUT2D eigenvalue weighted by molar-refractivity contribution is 0.138. The summed E-state index contributed by atoms with van der Waals surface area (Å²) in [4.78, 5) is 9.52. The molecule has 112 valence electrons. The number of pyridine rings is 1. The molecule has 1 fully saturated rings. The van der Waals surface area contributed by atoms with E-state index in [9.17, 15) is 5.11 Å². The Morgan fingerprint density at radius 2 is 2.05 bits per heavy atom. The minimum atomic E-state index is 0.0867. The second-order valence-corrected chi connectivity index (χ2v) is 6.39. The van der Waals surface area contributed by atoms with E-state index < -0.39 is 0 Å². The van der Waals surface area contributed by atoms with Gasteiger partial charge in [0.25, 0.3) is 0 Å². The summed E-state index contributed by atoms with van der Waals surface area (Å²) in [7, 11) is 2.18. The summed E-state index contributed by atoms with van der Waals surface area (Å²) >= 11 is 0. The molecule has 0 radical (unpaired) electrons. The van der Waals surface area contributed by atoms with Gasteiger partial charge in [-0.1, -0.05) is 13.3 Å². The number of piperazine rings is 1. The van der Waals surface area contributed by atoms with E-state index in [2.05, 4.69) is 37.6 Å². The van der Waals surface area contributed by atoms with Crippen LogP contribution in [0.15, 0.2) is 12.1 Å². The summed E-state index contributed by atoms with van der Waals surface area (Å²) in [5.74, 6) is 1.01. The molecule has 1 aromatic rings. The minimum absolute atomic E-state index is 0.0867. The second-order valence-electron chi connectivity index (χ2n) is 6.39. The number of nitrogens with zero attached hydrogens (tertiary/aromatic N) is 3. The van der Waals surface area contributed by atoms with Gasteiger partial charge in [0.15, 0.2) is 0 Å². The highest BCUT2D eigenvalue weighted by molar-refractivity contribution is 5.44. The number of rotatable bonds is 4. The average Bonchev–Trinajstić information content (AvgIpc) is 2.41. The molecule has 1 N–H and O–H groups in total. The third kappa shape index (κ3) is 3.30. The third-order valence-electron chi connectivity index (χ3n) is 4.25. The Hall–Kier alpha value is -1.13. The lowest BCUT2D eigenvalue weighted by Gasteiger charge is -2.45. The Labute approximate surface area is 122 Å². The van der Waals surface area contributed by atoms with Crippen molar-refractivity contribution in [2.45, 2.75) is 45.8 Å². The van der Waals surface area contributed by atoms with E-state index in [0.717, 1.165) is 49.6 Å². The van der Waals surface area contributed by atoms with Crippen molar-refractivity contribution in [3.63, 3.8) is 0 Å². The first-order valence-corrected chi connectivity index (χ1v) is 7.53. The molecule has 0 aromatic carbocycles. The molecule has 1 saturated heterocycles. The van der Waals surface area contributed by atoms with Crippen LogP contribution in [-0.2, 0) is 13.0 Å². The van der Waals surface area contributed by atoms with Crippen molar-refractivity contribution in [1.29, 1.82) is 0 Å². The highest BCUT2D eigenvalue weighted by Gasteiger charge is 2.31. The average molecular weight is 277 g/mol. The number of aliphatic hydroxyl groups is 1. The Morgan fingerprint density at radius 3 is 2.65 bits per heavy atom. The first-order valence-electron chi connectivity index (χ1n) is 7.53. The molecule has 0 spiro atoms. The highest BCUT2D eigenvalue weighted by atomic mass is 16.3. The molecular formula is C16H27N3O. The van der Waals surface area contributed by atoms with E-state index >= 15 is 0 Å². The van der Waals surface area contributed by atoms with Crippen LogP contribution in [0.25, 0.3) is 0 Å². The molecular weight excluding hydrogens is 250 g/mol. The number of aromatic nitrogens is 1. The van der Waals surface area contributed by atoms with Crippen LogP contribution < -0.4 is 4.90 Å². The molecule has 1 aromatic heterocycles. The first kappa shape index (κ1) is 15.3. The number of aliphatic hydroxyl groups excluding tert-OH is 1. The molecule has 1 aliphatic heterocycles. The van der Waals surface area contributed by atoms with E-state index in [1.165, 1.54) is 0 Å². The number of hydrogen-bond acceptors (Lipinski definition) is 4. The number of likely N-dealkylation sites (N-methyl/N-ethyl adjacent to an activating group) is 1. The van der Waals surface area contributed by atoms with E-state index in [-0.39, 0.29) is 12.1 Å². The molecule has 1 aliphatic rings. The lowest BCUT2D eigenvalue weighted by atomic mass is 9.99. The zero-order valence-electron chi connectivity index (χ0n) is 13.2. The Morgan fingerprint density at radius 1 is 1.30 bits per heavy atom. The molecule has 0 bridgehead atoms. The van der Waals surface area contributed by atoms with Gasteiger partial charge < -0.3 is 10.0 Å². The first-order chi connectivity index (χ1) is 9.46. The van der Waals surface area contributed by atoms with Gasteiger partial charge in [-0.15, -0.1) is 0 Å². The van der Waals surface area contributed by atoms with Gasteiger partial charge in [-0.2, -0.15) is 0 Å². The smallest absolute Gasteiger partial charge is 0.129 e. The molecule has 4 nitrogen and oxygen atoms in total. The summed E-state index contributed by atoms with van der Waals surface area (Å²) in [5.41, 5.74) is 2.21. The molecule has 0 unspecified atom stereocenters. The van der Waals surface area contributed by atoms with Gasteiger partial charge in [0.2, 0.25) is 0 Å². The molecule has 0 amide bonds. The van der Waals surface area contributed by atoms with Gasteiger partial charge in [-0.05, 0) is 45.0 Å². The predicted octanol–water partition coefficient (Wildman–Crippen LogP) is 2.06. The number of aryl methyl sites for hydroxylation is 1. The maximum atomic E-state index is 9.44. The quantitative estimate of drug-likeness (QED) is 0.914. The van der Waals surface area contributed by atoms with Gasteiger partial charge in [0.05, 0.1) is 6.61 Å². The molecule has 0 saturated carbocycles. The van der Waals surface area contributed by atoms with Crippen LogP contribution >= 0.6 is 0 Å². The molecule has 2 heterocycles. The van der Waals surface area contributed by atoms with Crippen molar-refractivity contribution >= 4 is 5.82 Å². The summed E-state index contributed by atoms with van der Waals surface area (Å²) in [6.45, 7) is 9.78. The van der Waals surface area contributed by atoms with Gasteiger partial charge in [0, 0.05) is 30.9 Å². The van der Waals surface area contributed by atoms with Crippen LogP contribution in [0.2, 0.25) is 0 Å². The Balaban J connectivity index is 2.25. The fraction of sp³-hybridized carbons (Fsp3) is 0.688. The summed E-state index contributed by atoms with van der Waals surface area (Å²) in [5, 5.41) is 9.44. The van der Waals surface area contributed by atoms with Crippen molar-refractivity contribution in [2.75, 3.05) is 31.6 Å². The number of anilines is 1.